The molecule has 1 unspecified atom stereocenters. The van der Waals surface area contributed by atoms with E-state index in [1.54, 1.807) is 12.3 Å². The van der Waals surface area contributed by atoms with E-state index in [4.69, 9.17) is 27.9 Å². The van der Waals surface area contributed by atoms with E-state index >= 15 is 0 Å². The zero-order valence-corrected chi connectivity index (χ0v) is 13.1. The number of hydrogen-bond donors (Lipinski definition) is 1. The molecular formula is C15H17Cl2N3O. The number of nitrogens with zero attached hydrogens (tertiary/aromatic N) is 2. The monoisotopic (exact) mass is 325 g/mol. The van der Waals surface area contributed by atoms with Crippen molar-refractivity contribution in [2.75, 3.05) is 13.2 Å². The number of rotatable bonds is 5. The van der Waals surface area contributed by atoms with Crippen LogP contribution in [0.5, 0.6) is 5.75 Å². The molecule has 21 heavy (non-hydrogen) atoms. The summed E-state index contributed by atoms with van der Waals surface area (Å²) in [6.45, 7) is 2.55. The molecule has 1 aromatic carbocycles. The van der Waals surface area contributed by atoms with Crippen molar-refractivity contribution in [1.82, 2.24) is 14.9 Å². The maximum Gasteiger partial charge on any atom is 0.142 e. The minimum absolute atomic E-state index is 0.243. The first-order valence-electron chi connectivity index (χ1n) is 7.05. The van der Waals surface area contributed by atoms with E-state index in [1.165, 1.54) is 0 Å². The predicted molar refractivity (Wildman–Crippen MR) is 84.2 cm³/mol. The number of aryl methyl sites for hydroxylation is 1. The molecule has 6 heteroatoms. The van der Waals surface area contributed by atoms with Crippen molar-refractivity contribution in [3.05, 3.63) is 46.5 Å². The van der Waals surface area contributed by atoms with Gasteiger partial charge >= 0.3 is 0 Å². The first kappa shape index (κ1) is 14.7. The van der Waals surface area contributed by atoms with Gasteiger partial charge in [-0.15, -0.1) is 0 Å². The van der Waals surface area contributed by atoms with Gasteiger partial charge in [-0.25, -0.2) is 4.98 Å². The molecule has 3 rings (SSSR count). The zero-order valence-electron chi connectivity index (χ0n) is 11.6. The first-order valence-corrected chi connectivity index (χ1v) is 7.80. The lowest BCUT2D eigenvalue weighted by molar-refractivity contribution is 0.252. The van der Waals surface area contributed by atoms with Crippen molar-refractivity contribution < 1.29 is 4.74 Å². The van der Waals surface area contributed by atoms with Gasteiger partial charge in [0.2, 0.25) is 0 Å². The van der Waals surface area contributed by atoms with Gasteiger partial charge in [-0.05, 0) is 25.1 Å². The van der Waals surface area contributed by atoms with E-state index in [0.717, 1.165) is 37.2 Å². The first-order chi connectivity index (χ1) is 10.2. The number of nitrogens with one attached hydrogen (secondary N) is 1. The molecule has 0 saturated heterocycles. The highest BCUT2D eigenvalue weighted by atomic mass is 35.5. The number of ether oxygens (including phenoxy) is 1. The second-order valence-corrected chi connectivity index (χ2v) is 5.95. The molecule has 0 radical (unpaired) electrons. The molecule has 1 aliphatic rings. The summed E-state index contributed by atoms with van der Waals surface area (Å²) in [6.07, 6.45) is 7.57. The summed E-state index contributed by atoms with van der Waals surface area (Å²) in [5.41, 5.74) is 1.06. The van der Waals surface area contributed by atoms with Crippen LogP contribution >= 0.6 is 23.2 Å². The quantitative estimate of drug-likeness (QED) is 0.852. The van der Waals surface area contributed by atoms with Gasteiger partial charge in [0.05, 0.1) is 18.0 Å². The highest BCUT2D eigenvalue weighted by molar-refractivity contribution is 6.35. The molecule has 2 aromatic rings. The molecule has 112 valence electrons. The topological polar surface area (TPSA) is 39.1 Å². The molecule has 1 aliphatic heterocycles. The molecule has 0 amide bonds. The van der Waals surface area contributed by atoms with E-state index in [1.807, 2.05) is 18.6 Å². The standard InChI is InChI=1S/C15H17Cl2N3O/c16-11-8-12-14(2-7-21-15(12)13(17)9-11)19-3-1-5-20-6-4-18-10-20/h4,6,8-10,14,19H,1-3,5,7H2. The van der Waals surface area contributed by atoms with E-state index in [-0.39, 0.29) is 6.04 Å². The summed E-state index contributed by atoms with van der Waals surface area (Å²) in [5, 5.41) is 4.80. The van der Waals surface area contributed by atoms with Crippen LogP contribution in [0.3, 0.4) is 0 Å². The number of benzene rings is 1. The fourth-order valence-electron chi connectivity index (χ4n) is 2.59. The van der Waals surface area contributed by atoms with Gasteiger partial charge < -0.3 is 14.6 Å². The van der Waals surface area contributed by atoms with Crippen LogP contribution < -0.4 is 10.1 Å². The Balaban J connectivity index is 1.60. The summed E-state index contributed by atoms with van der Waals surface area (Å²) < 4.78 is 7.74. The molecule has 1 aromatic heterocycles. The number of aromatic nitrogens is 2. The second-order valence-electron chi connectivity index (χ2n) is 5.10. The van der Waals surface area contributed by atoms with Crippen molar-refractivity contribution >= 4 is 23.2 Å². The van der Waals surface area contributed by atoms with Gasteiger partial charge in [0.25, 0.3) is 0 Å². The average Bonchev–Trinajstić information content (AvgIpc) is 2.97. The smallest absolute Gasteiger partial charge is 0.142 e. The number of fused-ring (bicyclic) bond motifs is 1. The largest absolute Gasteiger partial charge is 0.492 e. The van der Waals surface area contributed by atoms with Gasteiger partial charge in [0, 0.05) is 42.0 Å². The third kappa shape index (κ3) is 3.51. The van der Waals surface area contributed by atoms with Crippen LogP contribution in [-0.4, -0.2) is 22.7 Å². The number of halogens is 2. The molecule has 2 heterocycles. The van der Waals surface area contributed by atoms with Crippen LogP contribution in [0.25, 0.3) is 0 Å². The highest BCUT2D eigenvalue weighted by Gasteiger charge is 2.23. The Labute approximate surface area is 134 Å². The van der Waals surface area contributed by atoms with Gasteiger partial charge in [-0.1, -0.05) is 23.2 Å². The zero-order chi connectivity index (χ0) is 14.7. The Kier molecular flexibility index (Phi) is 4.68. The lowest BCUT2D eigenvalue weighted by atomic mass is 10.0. The molecule has 0 aliphatic carbocycles. The lowest BCUT2D eigenvalue weighted by Crippen LogP contribution is -2.28. The summed E-state index contributed by atoms with van der Waals surface area (Å²) in [4.78, 5) is 4.04. The summed E-state index contributed by atoms with van der Waals surface area (Å²) >= 11 is 12.3. The van der Waals surface area contributed by atoms with Crippen molar-refractivity contribution in [2.24, 2.45) is 0 Å². The molecule has 4 nitrogen and oxygen atoms in total. The molecule has 1 N–H and O–H groups in total. The molecular weight excluding hydrogens is 309 g/mol. The highest BCUT2D eigenvalue weighted by Crippen LogP contribution is 2.39. The summed E-state index contributed by atoms with van der Waals surface area (Å²) in [7, 11) is 0. The molecule has 0 bridgehead atoms. The minimum Gasteiger partial charge on any atom is -0.492 e. The second kappa shape index (κ2) is 6.69. The Morgan fingerprint density at radius 2 is 2.29 bits per heavy atom. The maximum absolute atomic E-state index is 6.19. The van der Waals surface area contributed by atoms with Crippen molar-refractivity contribution in [2.45, 2.75) is 25.4 Å². The van der Waals surface area contributed by atoms with Crippen LogP contribution in [0, 0.1) is 0 Å². The third-order valence-electron chi connectivity index (χ3n) is 3.61. The van der Waals surface area contributed by atoms with E-state index < -0.39 is 0 Å². The van der Waals surface area contributed by atoms with Crippen LogP contribution in [0.4, 0.5) is 0 Å². The van der Waals surface area contributed by atoms with Gasteiger partial charge in [-0.2, -0.15) is 0 Å². The van der Waals surface area contributed by atoms with Gasteiger partial charge in [0.1, 0.15) is 5.75 Å². The van der Waals surface area contributed by atoms with Crippen LogP contribution in [0.2, 0.25) is 10.0 Å². The fourth-order valence-corrected chi connectivity index (χ4v) is 3.16. The van der Waals surface area contributed by atoms with Crippen molar-refractivity contribution in [3.8, 4) is 5.75 Å². The lowest BCUT2D eigenvalue weighted by Gasteiger charge is -2.27. The Hall–Kier alpha value is -1.23. The fraction of sp³-hybridized carbons (Fsp3) is 0.400. The van der Waals surface area contributed by atoms with Crippen LogP contribution in [-0.2, 0) is 6.54 Å². The Morgan fingerprint density at radius 3 is 3.10 bits per heavy atom. The average molecular weight is 326 g/mol. The van der Waals surface area contributed by atoms with Crippen LogP contribution in [0.15, 0.2) is 30.9 Å². The van der Waals surface area contributed by atoms with E-state index in [2.05, 4.69) is 14.9 Å². The minimum atomic E-state index is 0.243. The molecule has 0 saturated carbocycles. The predicted octanol–water partition coefficient (Wildman–Crippen LogP) is 3.69. The van der Waals surface area contributed by atoms with Crippen LogP contribution in [0.1, 0.15) is 24.4 Å². The SMILES string of the molecule is Clc1cc(Cl)c2c(c1)C(NCCCn1ccnc1)CCO2. The summed E-state index contributed by atoms with van der Waals surface area (Å²) in [5.74, 6) is 0.763. The molecule has 0 fully saturated rings. The third-order valence-corrected chi connectivity index (χ3v) is 4.11. The Morgan fingerprint density at radius 1 is 1.38 bits per heavy atom. The van der Waals surface area contributed by atoms with E-state index in [9.17, 15) is 0 Å². The number of hydrogen-bond acceptors (Lipinski definition) is 3. The molecule has 0 spiro atoms. The number of imidazole rings is 1. The Bertz CT molecular complexity index is 601. The maximum atomic E-state index is 6.19. The van der Waals surface area contributed by atoms with Crippen molar-refractivity contribution in [3.63, 3.8) is 0 Å². The van der Waals surface area contributed by atoms with E-state index in [0.29, 0.717) is 16.7 Å². The van der Waals surface area contributed by atoms with Gasteiger partial charge in [0.15, 0.2) is 0 Å². The normalized spacial score (nSPS) is 17.3. The van der Waals surface area contributed by atoms with Crippen molar-refractivity contribution in [1.29, 1.82) is 0 Å². The van der Waals surface area contributed by atoms with Gasteiger partial charge in [-0.3, -0.25) is 0 Å². The summed E-state index contributed by atoms with van der Waals surface area (Å²) in [6, 6.07) is 3.91. The molecule has 1 atom stereocenters.